The van der Waals surface area contributed by atoms with Crippen LogP contribution in [0.1, 0.15) is 0 Å². The van der Waals surface area contributed by atoms with Gasteiger partial charge in [0.2, 0.25) is 0 Å². The molecule has 0 spiro atoms. The molecule has 0 saturated carbocycles. The summed E-state index contributed by atoms with van der Waals surface area (Å²) in [6, 6.07) is 0. The lowest BCUT2D eigenvalue weighted by Gasteiger charge is -2.08. The summed E-state index contributed by atoms with van der Waals surface area (Å²) in [7, 11) is -5.11. The Bertz CT molecular complexity index is 247. The zero-order chi connectivity index (χ0) is 10.7. The molecule has 0 bridgehead atoms. The van der Waals surface area contributed by atoms with Gasteiger partial charge in [-0.15, -0.1) is 0 Å². The Balaban J connectivity index is 4.06. The molecule has 0 aliphatic rings. The van der Waals surface area contributed by atoms with E-state index in [9.17, 15) is 30.6 Å². The maximum atomic E-state index is 11.3. The van der Waals surface area contributed by atoms with Crippen molar-refractivity contribution < 1.29 is 34.7 Å². The molecule has 80 valence electrons. The number of nitrogens with zero attached hydrogens (tertiary/aromatic N) is 1. The monoisotopic (exact) mass is 230 g/mol. The van der Waals surface area contributed by atoms with E-state index in [1.807, 2.05) is 0 Å². The molecule has 0 unspecified atom stereocenters. The van der Waals surface area contributed by atoms with Crippen molar-refractivity contribution >= 4 is 10.3 Å². The first-order valence-electron chi connectivity index (χ1n) is 2.47. The summed E-state index contributed by atoms with van der Waals surface area (Å²) < 4.78 is 79.6. The molecule has 0 radical (unpaired) electrons. The highest BCUT2D eigenvalue weighted by Crippen LogP contribution is 2.15. The van der Waals surface area contributed by atoms with E-state index in [0.29, 0.717) is 4.83 Å². The Morgan fingerprint density at radius 1 is 1.31 bits per heavy atom. The molecule has 0 saturated heterocycles. The molecule has 0 heterocycles. The van der Waals surface area contributed by atoms with E-state index in [1.54, 1.807) is 0 Å². The van der Waals surface area contributed by atoms with Crippen LogP contribution in [0.25, 0.3) is 0 Å². The van der Waals surface area contributed by atoms with Gasteiger partial charge in [0.1, 0.15) is 5.45 Å². The Morgan fingerprint density at radius 2 is 1.77 bits per heavy atom. The number of halogens is 5. The maximum Gasteiger partial charge on any atom is 0.413 e. The fourth-order valence-corrected chi connectivity index (χ4v) is 0.766. The van der Waals surface area contributed by atoms with Crippen LogP contribution < -0.4 is 4.83 Å². The molecule has 0 atom stereocenters. The van der Waals surface area contributed by atoms with E-state index in [4.69, 9.17) is 0 Å². The third-order valence-corrected chi connectivity index (χ3v) is 1.35. The van der Waals surface area contributed by atoms with E-state index < -0.39 is 28.5 Å². The number of nitrogens with one attached hydrogen (secondary N) is 1. The second kappa shape index (κ2) is 4.13. The maximum absolute atomic E-state index is 11.3. The smallest absolute Gasteiger partial charge is 0.247 e. The van der Waals surface area contributed by atoms with Gasteiger partial charge in [0.15, 0.2) is 6.61 Å². The Labute approximate surface area is 69.2 Å². The van der Waals surface area contributed by atoms with Crippen LogP contribution in [-0.2, 0) is 14.5 Å². The van der Waals surface area contributed by atoms with E-state index >= 15 is 0 Å². The third-order valence-electron chi connectivity index (χ3n) is 0.559. The lowest BCUT2D eigenvalue weighted by Crippen LogP contribution is -2.34. The van der Waals surface area contributed by atoms with E-state index in [-0.39, 0.29) is 0 Å². The molecular weight excluding hydrogens is 227 g/mol. The molecule has 11 heteroatoms. The number of rotatable bonds is 4. The van der Waals surface area contributed by atoms with Gasteiger partial charge in [-0.1, -0.05) is 13.8 Å². The van der Waals surface area contributed by atoms with Crippen molar-refractivity contribution in [2.45, 2.75) is 6.18 Å². The van der Waals surface area contributed by atoms with E-state index in [2.05, 4.69) is 4.18 Å². The summed E-state index contributed by atoms with van der Waals surface area (Å²) in [6.07, 6.45) is -4.91. The zero-order valence-electron chi connectivity index (χ0n) is 5.68. The molecule has 13 heavy (non-hydrogen) atoms. The first-order chi connectivity index (χ1) is 5.62. The van der Waals surface area contributed by atoms with Crippen molar-refractivity contribution in [3.63, 3.8) is 0 Å². The Hall–Kier alpha value is -0.520. The van der Waals surface area contributed by atoms with Gasteiger partial charge in [0, 0.05) is 0 Å². The van der Waals surface area contributed by atoms with Crippen LogP contribution in [0.2, 0.25) is 0 Å². The summed E-state index contributed by atoms with van der Waals surface area (Å²) in [5.74, 6) is 0. The molecule has 0 aromatic carbocycles. The fourth-order valence-electron chi connectivity index (χ4n) is 0.255. The summed E-state index contributed by atoms with van der Waals surface area (Å²) in [5.41, 5.74) is -2.05. The molecule has 0 amide bonds. The normalized spacial score (nSPS) is 13.7. The molecule has 0 aromatic rings. The SMILES string of the molecule is O=S(=O)(NN(F)F)OCC(F)(F)F. The largest absolute Gasteiger partial charge is 0.413 e. The predicted octanol–water partition coefficient (Wildman–Crippen LogP) is 0.386. The van der Waals surface area contributed by atoms with Crippen molar-refractivity contribution in [2.24, 2.45) is 0 Å². The van der Waals surface area contributed by atoms with Gasteiger partial charge in [-0.05, 0) is 0 Å². The van der Waals surface area contributed by atoms with Gasteiger partial charge in [-0.3, -0.25) is 0 Å². The lowest BCUT2D eigenvalue weighted by molar-refractivity contribution is -0.181. The highest BCUT2D eigenvalue weighted by atomic mass is 32.2. The fraction of sp³-hybridized carbons (Fsp3) is 1.00. The summed E-state index contributed by atoms with van der Waals surface area (Å²) >= 11 is 0. The standard InChI is InChI=1S/C2H3F5N2O3S/c3-2(4,5)1-12-13(10,11)8-9(6)7/h8H,1H2. The van der Waals surface area contributed by atoms with Crippen molar-refractivity contribution in [3.05, 3.63) is 0 Å². The van der Waals surface area contributed by atoms with Crippen LogP contribution in [0, 0.1) is 0 Å². The number of hydrogen-bond donors (Lipinski definition) is 1. The minimum absolute atomic E-state index is 0.342. The molecular formula is C2H3F5N2O3S. The van der Waals surface area contributed by atoms with Gasteiger partial charge in [-0.25, -0.2) is 4.18 Å². The van der Waals surface area contributed by atoms with Gasteiger partial charge in [0.05, 0.1) is 0 Å². The lowest BCUT2D eigenvalue weighted by atomic mass is 10.7. The van der Waals surface area contributed by atoms with Crippen LogP contribution in [0.3, 0.4) is 0 Å². The summed E-state index contributed by atoms with van der Waals surface area (Å²) in [6.45, 7) is -2.17. The zero-order valence-corrected chi connectivity index (χ0v) is 6.49. The third kappa shape index (κ3) is 7.83. The second-order valence-corrected chi connectivity index (χ2v) is 2.98. The molecule has 0 aromatic heterocycles. The van der Waals surface area contributed by atoms with Crippen molar-refractivity contribution in [1.82, 2.24) is 10.3 Å². The van der Waals surface area contributed by atoms with Crippen LogP contribution in [0.5, 0.6) is 0 Å². The van der Waals surface area contributed by atoms with Crippen LogP contribution in [-0.4, -0.2) is 26.7 Å². The van der Waals surface area contributed by atoms with Crippen molar-refractivity contribution in [3.8, 4) is 0 Å². The molecule has 0 aliphatic heterocycles. The van der Waals surface area contributed by atoms with Crippen LogP contribution in [0.15, 0.2) is 0 Å². The van der Waals surface area contributed by atoms with Gasteiger partial charge in [-0.2, -0.15) is 21.6 Å². The highest BCUT2D eigenvalue weighted by molar-refractivity contribution is 7.84. The average molecular weight is 230 g/mol. The molecule has 0 fully saturated rings. The molecule has 1 N–H and O–H groups in total. The summed E-state index contributed by atoms with van der Waals surface area (Å²) in [5, 5.41) is 0. The first kappa shape index (κ1) is 12.5. The molecule has 0 aliphatic carbocycles. The topological polar surface area (TPSA) is 58.6 Å². The first-order valence-corrected chi connectivity index (χ1v) is 3.88. The predicted molar refractivity (Wildman–Crippen MR) is 28.1 cm³/mol. The number of alkyl halides is 3. The average Bonchev–Trinajstić information content (AvgIpc) is 1.79. The van der Waals surface area contributed by atoms with Gasteiger partial charge >= 0.3 is 16.5 Å². The van der Waals surface area contributed by atoms with Crippen LogP contribution >= 0.6 is 0 Å². The Kier molecular flexibility index (Phi) is 3.96. The molecule has 5 nitrogen and oxygen atoms in total. The minimum atomic E-state index is -5.11. The Morgan fingerprint density at radius 3 is 2.08 bits per heavy atom. The number of hydrogen-bond acceptors (Lipinski definition) is 4. The van der Waals surface area contributed by atoms with E-state index in [0.717, 1.165) is 0 Å². The van der Waals surface area contributed by atoms with Crippen molar-refractivity contribution in [1.29, 1.82) is 0 Å². The van der Waals surface area contributed by atoms with E-state index in [1.165, 1.54) is 0 Å². The minimum Gasteiger partial charge on any atom is -0.247 e. The van der Waals surface area contributed by atoms with Gasteiger partial charge in [0.25, 0.3) is 0 Å². The number of hydrazine groups is 1. The summed E-state index contributed by atoms with van der Waals surface area (Å²) in [4.78, 5) is 0.342. The highest BCUT2D eigenvalue weighted by Gasteiger charge is 2.31. The van der Waals surface area contributed by atoms with Gasteiger partial charge < -0.3 is 0 Å². The molecule has 0 rings (SSSR count). The van der Waals surface area contributed by atoms with Crippen molar-refractivity contribution in [2.75, 3.05) is 6.61 Å². The van der Waals surface area contributed by atoms with Crippen LogP contribution in [0.4, 0.5) is 22.1 Å². The quantitative estimate of drug-likeness (QED) is 0.431. The second-order valence-electron chi connectivity index (χ2n) is 1.66.